The van der Waals surface area contributed by atoms with E-state index in [1.165, 1.54) is 16.9 Å². The lowest BCUT2D eigenvalue weighted by Gasteiger charge is -2.07. The van der Waals surface area contributed by atoms with Crippen LogP contribution in [0.3, 0.4) is 0 Å². The summed E-state index contributed by atoms with van der Waals surface area (Å²) < 4.78 is 1.13. The first-order valence-electron chi connectivity index (χ1n) is 7.50. The first-order valence-corrected chi connectivity index (χ1v) is 8.72. The molecule has 0 atom stereocenters. The van der Waals surface area contributed by atoms with Crippen molar-refractivity contribution in [3.63, 3.8) is 0 Å². The van der Waals surface area contributed by atoms with Crippen LogP contribution in [0.1, 0.15) is 27.0 Å². The van der Waals surface area contributed by atoms with Crippen LogP contribution in [0, 0.1) is 20.8 Å². The van der Waals surface area contributed by atoms with Gasteiger partial charge in [0.25, 0.3) is 5.91 Å². The van der Waals surface area contributed by atoms with Crippen LogP contribution in [0.15, 0.2) is 36.4 Å². The summed E-state index contributed by atoms with van der Waals surface area (Å²) in [7, 11) is 0. The first-order chi connectivity index (χ1) is 11.4. The monoisotopic (exact) mass is 355 g/mol. The van der Waals surface area contributed by atoms with Gasteiger partial charge in [-0.15, -0.1) is 0 Å². The average molecular weight is 355 g/mol. The van der Waals surface area contributed by atoms with E-state index in [0.29, 0.717) is 10.7 Å². The number of hydrogen-bond acceptors (Lipinski definition) is 4. The maximum absolute atomic E-state index is 12.2. The summed E-state index contributed by atoms with van der Waals surface area (Å²) >= 11 is 6.77. The number of aryl methyl sites for hydroxylation is 3. The van der Waals surface area contributed by atoms with Crippen LogP contribution in [-0.4, -0.2) is 16.0 Å². The van der Waals surface area contributed by atoms with Gasteiger partial charge in [0.2, 0.25) is 0 Å². The SMILES string of the molecule is Cc1cccc(C(=O)NC(=S)Nc2nc3c(C)ccc(C)c3s2)c1. The summed E-state index contributed by atoms with van der Waals surface area (Å²) in [4.78, 5) is 16.8. The molecule has 0 saturated carbocycles. The molecule has 2 N–H and O–H groups in total. The molecular formula is C18H17N3OS2. The van der Waals surface area contributed by atoms with Crippen molar-refractivity contribution >= 4 is 49.9 Å². The summed E-state index contributed by atoms with van der Waals surface area (Å²) in [5.74, 6) is -0.232. The molecule has 0 spiro atoms. The minimum absolute atomic E-state index is 0.232. The van der Waals surface area contributed by atoms with Crippen LogP contribution < -0.4 is 10.6 Å². The van der Waals surface area contributed by atoms with E-state index < -0.39 is 0 Å². The molecule has 24 heavy (non-hydrogen) atoms. The number of aromatic nitrogens is 1. The molecule has 0 saturated heterocycles. The molecule has 1 amide bonds. The lowest BCUT2D eigenvalue weighted by atomic mass is 10.1. The quantitative estimate of drug-likeness (QED) is 0.671. The standard InChI is InChI=1S/C18H17N3OS2/c1-10-5-4-6-13(9-10)16(22)20-17(23)21-18-19-14-11(2)7-8-12(3)15(14)24-18/h4-9H,1-3H3,(H2,19,20,21,22,23). The van der Waals surface area contributed by atoms with E-state index in [4.69, 9.17) is 12.2 Å². The molecule has 3 rings (SSSR count). The van der Waals surface area contributed by atoms with Crippen molar-refractivity contribution in [3.8, 4) is 0 Å². The van der Waals surface area contributed by atoms with Crippen molar-refractivity contribution in [2.24, 2.45) is 0 Å². The van der Waals surface area contributed by atoms with E-state index in [1.807, 2.05) is 32.0 Å². The lowest BCUT2D eigenvalue weighted by molar-refractivity contribution is 0.0977. The number of thiazole rings is 1. The summed E-state index contributed by atoms with van der Waals surface area (Å²) in [6.07, 6.45) is 0. The minimum atomic E-state index is -0.232. The number of hydrogen-bond donors (Lipinski definition) is 2. The molecule has 0 aliphatic rings. The zero-order valence-electron chi connectivity index (χ0n) is 13.6. The Morgan fingerprint density at radius 3 is 2.58 bits per heavy atom. The van der Waals surface area contributed by atoms with Crippen molar-refractivity contribution in [3.05, 3.63) is 58.7 Å². The molecule has 4 nitrogen and oxygen atoms in total. The number of benzene rings is 2. The highest BCUT2D eigenvalue weighted by Crippen LogP contribution is 2.30. The van der Waals surface area contributed by atoms with Crippen molar-refractivity contribution in [2.45, 2.75) is 20.8 Å². The smallest absolute Gasteiger partial charge is 0.257 e. The van der Waals surface area contributed by atoms with E-state index in [2.05, 4.69) is 34.7 Å². The maximum atomic E-state index is 12.2. The zero-order valence-corrected chi connectivity index (χ0v) is 15.3. The van der Waals surface area contributed by atoms with Crippen LogP contribution in [0.5, 0.6) is 0 Å². The molecule has 0 aliphatic heterocycles. The predicted octanol–water partition coefficient (Wildman–Crippen LogP) is 4.35. The molecule has 6 heteroatoms. The Morgan fingerprint density at radius 1 is 1.12 bits per heavy atom. The summed E-state index contributed by atoms with van der Waals surface area (Å²) in [6.45, 7) is 6.03. The van der Waals surface area contributed by atoms with Crippen molar-refractivity contribution in [2.75, 3.05) is 5.32 Å². The summed E-state index contributed by atoms with van der Waals surface area (Å²) in [5.41, 5.74) is 4.87. The second-order valence-corrected chi connectivity index (χ2v) is 7.08. The molecule has 0 bridgehead atoms. The van der Waals surface area contributed by atoms with Crippen LogP contribution in [0.25, 0.3) is 10.2 Å². The highest BCUT2D eigenvalue weighted by molar-refractivity contribution is 7.80. The molecule has 0 fully saturated rings. The molecule has 2 aromatic carbocycles. The second kappa shape index (κ2) is 6.67. The summed E-state index contributed by atoms with van der Waals surface area (Å²) in [5, 5.41) is 6.63. The number of nitrogens with zero attached hydrogens (tertiary/aromatic N) is 1. The highest BCUT2D eigenvalue weighted by Gasteiger charge is 2.12. The van der Waals surface area contributed by atoms with E-state index in [1.54, 1.807) is 6.07 Å². The van der Waals surface area contributed by atoms with Gasteiger partial charge in [-0.3, -0.25) is 10.1 Å². The number of carbonyl (C=O) groups excluding carboxylic acids is 1. The van der Waals surface area contributed by atoms with Crippen molar-refractivity contribution < 1.29 is 4.79 Å². The number of anilines is 1. The number of rotatable bonds is 2. The van der Waals surface area contributed by atoms with Gasteiger partial charge in [0.15, 0.2) is 10.2 Å². The number of carbonyl (C=O) groups is 1. The minimum Gasteiger partial charge on any atom is -0.308 e. The van der Waals surface area contributed by atoms with Gasteiger partial charge < -0.3 is 5.32 Å². The van der Waals surface area contributed by atoms with Crippen LogP contribution in [-0.2, 0) is 0 Å². The van der Waals surface area contributed by atoms with Gasteiger partial charge in [-0.2, -0.15) is 0 Å². The molecule has 3 aromatic rings. The van der Waals surface area contributed by atoms with Gasteiger partial charge in [0.1, 0.15) is 0 Å². The Balaban J connectivity index is 1.74. The number of fused-ring (bicyclic) bond motifs is 1. The van der Waals surface area contributed by atoms with Crippen molar-refractivity contribution in [1.82, 2.24) is 10.3 Å². The third-order valence-corrected chi connectivity index (χ3v) is 4.98. The number of amides is 1. The Bertz CT molecular complexity index is 908. The van der Waals surface area contributed by atoms with E-state index in [9.17, 15) is 4.79 Å². The molecule has 0 aliphatic carbocycles. The summed E-state index contributed by atoms with van der Waals surface area (Å²) in [6, 6.07) is 11.5. The fourth-order valence-electron chi connectivity index (χ4n) is 2.40. The van der Waals surface area contributed by atoms with E-state index in [0.717, 1.165) is 21.3 Å². The van der Waals surface area contributed by atoms with Gasteiger partial charge in [-0.05, 0) is 56.2 Å². The second-order valence-electron chi connectivity index (χ2n) is 5.67. The van der Waals surface area contributed by atoms with Crippen molar-refractivity contribution in [1.29, 1.82) is 0 Å². The Labute approximate surface area is 149 Å². The Morgan fingerprint density at radius 2 is 1.88 bits per heavy atom. The Kier molecular flexibility index (Phi) is 4.59. The van der Waals surface area contributed by atoms with E-state index >= 15 is 0 Å². The van der Waals surface area contributed by atoms with Crippen LogP contribution in [0.2, 0.25) is 0 Å². The fourth-order valence-corrected chi connectivity index (χ4v) is 3.67. The average Bonchev–Trinajstić information content (AvgIpc) is 2.96. The topological polar surface area (TPSA) is 54.0 Å². The molecule has 1 heterocycles. The Hall–Kier alpha value is -2.31. The largest absolute Gasteiger partial charge is 0.308 e. The van der Waals surface area contributed by atoms with Crippen LogP contribution >= 0.6 is 23.6 Å². The number of nitrogens with one attached hydrogen (secondary N) is 2. The van der Waals surface area contributed by atoms with E-state index in [-0.39, 0.29) is 11.0 Å². The number of thiocarbonyl (C=S) groups is 1. The van der Waals surface area contributed by atoms with Gasteiger partial charge in [0.05, 0.1) is 10.2 Å². The third kappa shape index (κ3) is 3.44. The molecular weight excluding hydrogens is 338 g/mol. The third-order valence-electron chi connectivity index (χ3n) is 3.67. The molecule has 0 unspecified atom stereocenters. The molecule has 0 radical (unpaired) electrons. The zero-order chi connectivity index (χ0) is 17.3. The van der Waals surface area contributed by atoms with Crippen LogP contribution in [0.4, 0.5) is 5.13 Å². The highest BCUT2D eigenvalue weighted by atomic mass is 32.1. The molecule has 122 valence electrons. The van der Waals surface area contributed by atoms with Gasteiger partial charge in [-0.1, -0.05) is 41.2 Å². The molecule has 1 aromatic heterocycles. The normalized spacial score (nSPS) is 10.6. The van der Waals surface area contributed by atoms with Gasteiger partial charge >= 0.3 is 0 Å². The first kappa shape index (κ1) is 16.5. The van der Waals surface area contributed by atoms with Gasteiger partial charge in [-0.25, -0.2) is 4.98 Å². The lowest BCUT2D eigenvalue weighted by Crippen LogP contribution is -2.34. The maximum Gasteiger partial charge on any atom is 0.257 e. The predicted molar refractivity (Wildman–Crippen MR) is 104 cm³/mol. The van der Waals surface area contributed by atoms with Gasteiger partial charge in [0, 0.05) is 5.56 Å². The fraction of sp³-hybridized carbons (Fsp3) is 0.167.